The first kappa shape index (κ1) is 16.4. The molecule has 0 saturated carbocycles. The second-order valence-electron chi connectivity index (χ2n) is 5.78. The van der Waals surface area contributed by atoms with Crippen LogP contribution in [0.5, 0.6) is 0 Å². The van der Waals surface area contributed by atoms with Gasteiger partial charge in [0.1, 0.15) is 0 Å². The zero-order valence-corrected chi connectivity index (χ0v) is 13.4. The molecule has 0 aromatic heterocycles. The van der Waals surface area contributed by atoms with Crippen molar-refractivity contribution in [2.45, 2.75) is 77.2 Å². The largest absolute Gasteiger partial charge is 0.317 e. The van der Waals surface area contributed by atoms with Crippen LogP contribution in [0.25, 0.3) is 0 Å². The smallest absolute Gasteiger partial charge is 0.0100 e. The van der Waals surface area contributed by atoms with E-state index in [9.17, 15) is 0 Å². The zero-order valence-electron chi connectivity index (χ0n) is 12.5. The summed E-state index contributed by atoms with van der Waals surface area (Å²) in [5.41, 5.74) is 0. The van der Waals surface area contributed by atoms with Gasteiger partial charge in [0.15, 0.2) is 0 Å². The first-order valence-electron chi connectivity index (χ1n) is 8.13. The minimum absolute atomic E-state index is 0.792. The van der Waals surface area contributed by atoms with Gasteiger partial charge in [0.25, 0.3) is 0 Å². The fourth-order valence-corrected chi connectivity index (χ4v) is 4.32. The van der Waals surface area contributed by atoms with Crippen LogP contribution in [0, 0.1) is 5.92 Å². The van der Waals surface area contributed by atoms with E-state index < -0.39 is 0 Å². The van der Waals surface area contributed by atoms with E-state index in [0.29, 0.717) is 0 Å². The highest BCUT2D eigenvalue weighted by atomic mass is 32.2. The second kappa shape index (κ2) is 11.2. The highest BCUT2D eigenvalue weighted by molar-refractivity contribution is 7.99. The van der Waals surface area contributed by atoms with Crippen LogP contribution in [0.4, 0.5) is 0 Å². The lowest BCUT2D eigenvalue weighted by Crippen LogP contribution is -2.33. The van der Waals surface area contributed by atoms with E-state index in [1.807, 2.05) is 0 Å². The fraction of sp³-hybridized carbons (Fsp3) is 1.00. The average molecular weight is 272 g/mol. The summed E-state index contributed by atoms with van der Waals surface area (Å²) in [5.74, 6) is 3.73. The van der Waals surface area contributed by atoms with Gasteiger partial charge in [-0.05, 0) is 37.3 Å². The van der Waals surface area contributed by atoms with Crippen LogP contribution < -0.4 is 5.32 Å². The molecule has 18 heavy (non-hydrogen) atoms. The molecule has 0 aromatic rings. The van der Waals surface area contributed by atoms with Crippen molar-refractivity contribution in [2.75, 3.05) is 18.6 Å². The fourth-order valence-electron chi connectivity index (χ4n) is 2.98. The maximum absolute atomic E-state index is 3.55. The summed E-state index contributed by atoms with van der Waals surface area (Å²) in [6.45, 7) is 2.29. The van der Waals surface area contributed by atoms with E-state index in [-0.39, 0.29) is 0 Å². The predicted molar refractivity (Wildman–Crippen MR) is 85.5 cm³/mol. The summed E-state index contributed by atoms with van der Waals surface area (Å²) >= 11 is 2.14. The third-order valence-electron chi connectivity index (χ3n) is 4.27. The van der Waals surface area contributed by atoms with Gasteiger partial charge in [-0.25, -0.2) is 0 Å². The molecule has 1 aliphatic heterocycles. The number of unbranched alkanes of at least 4 members (excludes halogenated alkanes) is 7. The topological polar surface area (TPSA) is 12.0 Å². The molecule has 1 fully saturated rings. The second-order valence-corrected chi connectivity index (χ2v) is 6.93. The Bertz CT molecular complexity index is 178. The lowest BCUT2D eigenvalue weighted by atomic mass is 9.94. The molecule has 108 valence electrons. The highest BCUT2D eigenvalue weighted by Crippen LogP contribution is 2.28. The molecule has 2 atom stereocenters. The predicted octanol–water partition coefficient (Wildman–Crippen LogP) is 4.86. The quantitative estimate of drug-likeness (QED) is 0.539. The van der Waals surface area contributed by atoms with E-state index in [4.69, 9.17) is 0 Å². The Balaban J connectivity index is 1.92. The number of nitrogens with one attached hydrogen (secondary N) is 1. The Morgan fingerprint density at radius 3 is 2.28 bits per heavy atom. The summed E-state index contributed by atoms with van der Waals surface area (Å²) in [6.07, 6.45) is 14.3. The molecule has 0 amide bonds. The monoisotopic (exact) mass is 271 g/mol. The molecular weight excluding hydrogens is 238 g/mol. The molecule has 0 spiro atoms. The molecule has 1 heterocycles. The Labute approximate surface area is 119 Å². The molecule has 1 N–H and O–H groups in total. The van der Waals surface area contributed by atoms with Gasteiger partial charge in [-0.3, -0.25) is 0 Å². The SMILES string of the molecule is CCCCCCCCCCC(NC)C1CCSC1. The summed E-state index contributed by atoms with van der Waals surface area (Å²) in [6, 6.07) is 0.792. The van der Waals surface area contributed by atoms with Gasteiger partial charge >= 0.3 is 0 Å². The van der Waals surface area contributed by atoms with Crippen molar-refractivity contribution in [1.29, 1.82) is 0 Å². The maximum Gasteiger partial charge on any atom is 0.0100 e. The van der Waals surface area contributed by atoms with Crippen LogP contribution in [0.2, 0.25) is 0 Å². The van der Waals surface area contributed by atoms with Crippen molar-refractivity contribution in [3.8, 4) is 0 Å². The van der Waals surface area contributed by atoms with Crippen molar-refractivity contribution >= 4 is 11.8 Å². The molecule has 1 saturated heterocycles. The van der Waals surface area contributed by atoms with Crippen molar-refractivity contribution in [3.05, 3.63) is 0 Å². The molecule has 2 unspecified atom stereocenters. The number of hydrogen-bond donors (Lipinski definition) is 1. The molecule has 0 aromatic carbocycles. The average Bonchev–Trinajstić information content (AvgIpc) is 2.91. The van der Waals surface area contributed by atoms with Gasteiger partial charge in [0.2, 0.25) is 0 Å². The van der Waals surface area contributed by atoms with Gasteiger partial charge in [0, 0.05) is 6.04 Å². The van der Waals surface area contributed by atoms with Crippen LogP contribution in [0.1, 0.15) is 71.1 Å². The Hall–Kier alpha value is 0.310. The summed E-state index contributed by atoms with van der Waals surface area (Å²) < 4.78 is 0. The van der Waals surface area contributed by atoms with E-state index in [2.05, 4.69) is 31.1 Å². The summed E-state index contributed by atoms with van der Waals surface area (Å²) in [7, 11) is 2.15. The van der Waals surface area contributed by atoms with Gasteiger partial charge in [-0.1, -0.05) is 58.3 Å². The minimum atomic E-state index is 0.792. The molecular formula is C16H33NS. The highest BCUT2D eigenvalue weighted by Gasteiger charge is 2.23. The van der Waals surface area contributed by atoms with E-state index in [1.165, 1.54) is 75.7 Å². The van der Waals surface area contributed by atoms with Crippen molar-refractivity contribution in [3.63, 3.8) is 0 Å². The molecule has 1 aliphatic rings. The van der Waals surface area contributed by atoms with Gasteiger partial charge in [-0.2, -0.15) is 11.8 Å². The normalized spacial score (nSPS) is 21.3. The van der Waals surface area contributed by atoms with Gasteiger partial charge < -0.3 is 5.32 Å². The third kappa shape index (κ3) is 7.04. The van der Waals surface area contributed by atoms with Crippen molar-refractivity contribution in [1.82, 2.24) is 5.32 Å². The molecule has 0 aliphatic carbocycles. The van der Waals surface area contributed by atoms with Crippen LogP contribution in [-0.2, 0) is 0 Å². The standard InChI is InChI=1S/C16H33NS/c1-3-4-5-6-7-8-9-10-11-16(17-2)15-12-13-18-14-15/h15-17H,3-14H2,1-2H3. The Morgan fingerprint density at radius 1 is 1.06 bits per heavy atom. The Kier molecular flexibility index (Phi) is 10.1. The lowest BCUT2D eigenvalue weighted by Gasteiger charge is -2.22. The molecule has 0 radical (unpaired) electrons. The first-order valence-corrected chi connectivity index (χ1v) is 9.29. The number of rotatable bonds is 11. The Morgan fingerprint density at radius 2 is 1.72 bits per heavy atom. The van der Waals surface area contributed by atoms with Crippen LogP contribution >= 0.6 is 11.8 Å². The summed E-state index contributed by atoms with van der Waals surface area (Å²) in [5, 5.41) is 3.55. The molecule has 0 bridgehead atoms. The van der Waals surface area contributed by atoms with E-state index >= 15 is 0 Å². The minimum Gasteiger partial charge on any atom is -0.317 e. The van der Waals surface area contributed by atoms with E-state index in [0.717, 1.165) is 12.0 Å². The lowest BCUT2D eigenvalue weighted by molar-refractivity contribution is 0.370. The van der Waals surface area contributed by atoms with E-state index in [1.54, 1.807) is 0 Å². The van der Waals surface area contributed by atoms with Crippen molar-refractivity contribution in [2.24, 2.45) is 5.92 Å². The number of hydrogen-bond acceptors (Lipinski definition) is 2. The maximum atomic E-state index is 3.55. The van der Waals surface area contributed by atoms with Crippen LogP contribution in [-0.4, -0.2) is 24.6 Å². The first-order chi connectivity index (χ1) is 8.88. The van der Waals surface area contributed by atoms with Crippen molar-refractivity contribution < 1.29 is 0 Å². The molecule has 1 rings (SSSR count). The third-order valence-corrected chi connectivity index (χ3v) is 5.46. The molecule has 1 nitrogen and oxygen atoms in total. The zero-order chi connectivity index (χ0) is 13.1. The van der Waals surface area contributed by atoms with Crippen LogP contribution in [0.3, 0.4) is 0 Å². The van der Waals surface area contributed by atoms with Crippen LogP contribution in [0.15, 0.2) is 0 Å². The number of thioether (sulfide) groups is 1. The molecule has 2 heteroatoms. The summed E-state index contributed by atoms with van der Waals surface area (Å²) in [4.78, 5) is 0. The van der Waals surface area contributed by atoms with Gasteiger partial charge in [-0.15, -0.1) is 0 Å². The van der Waals surface area contributed by atoms with Gasteiger partial charge in [0.05, 0.1) is 0 Å².